The van der Waals surface area contributed by atoms with Crippen molar-refractivity contribution in [1.29, 1.82) is 5.26 Å². The van der Waals surface area contributed by atoms with E-state index in [4.69, 9.17) is 5.26 Å². The van der Waals surface area contributed by atoms with E-state index in [0.29, 0.717) is 12.8 Å². The van der Waals surface area contributed by atoms with Gasteiger partial charge in [-0.25, -0.2) is 13.4 Å². The van der Waals surface area contributed by atoms with Gasteiger partial charge in [0.25, 0.3) is 0 Å². The van der Waals surface area contributed by atoms with Crippen LogP contribution in [0, 0.1) is 17.2 Å². The molecule has 122 valence electrons. The Morgan fingerprint density at radius 3 is 2.83 bits per heavy atom. The van der Waals surface area contributed by atoms with E-state index in [1.807, 2.05) is 0 Å². The summed E-state index contributed by atoms with van der Waals surface area (Å²) in [5.74, 6) is -1.06. The van der Waals surface area contributed by atoms with Crippen LogP contribution in [0.4, 0.5) is 0 Å². The van der Waals surface area contributed by atoms with Crippen molar-refractivity contribution in [3.63, 3.8) is 0 Å². The molecular weight excluding hydrogens is 318 g/mol. The van der Waals surface area contributed by atoms with Crippen molar-refractivity contribution >= 4 is 16.0 Å². The first kappa shape index (κ1) is 15.9. The number of nitrogens with zero attached hydrogens (tertiary/aromatic N) is 3. The van der Waals surface area contributed by atoms with Gasteiger partial charge in [-0.15, -0.1) is 0 Å². The molecule has 7 nitrogen and oxygen atoms in total. The second kappa shape index (κ2) is 5.91. The standard InChI is InChI=1S/C15H17N3O4S/c16-9-11-14(6-3-7-17-11)23(21,22)18-12-5-2-1-4-10(12)8-13(18)15(19)20/h3,6-7,10,12-13H,1-2,4-5,8H2,(H,19,20). The minimum atomic E-state index is -4.08. The number of hydrogen-bond donors (Lipinski definition) is 1. The van der Waals surface area contributed by atoms with Gasteiger partial charge in [-0.3, -0.25) is 4.79 Å². The van der Waals surface area contributed by atoms with Crippen LogP contribution in [-0.4, -0.2) is 40.9 Å². The van der Waals surface area contributed by atoms with Crippen LogP contribution in [0.2, 0.25) is 0 Å². The van der Waals surface area contributed by atoms with Crippen molar-refractivity contribution in [2.75, 3.05) is 0 Å². The molecule has 23 heavy (non-hydrogen) atoms. The lowest BCUT2D eigenvalue weighted by atomic mass is 9.85. The maximum Gasteiger partial charge on any atom is 0.322 e. The van der Waals surface area contributed by atoms with Gasteiger partial charge in [0.2, 0.25) is 10.0 Å². The van der Waals surface area contributed by atoms with Crippen LogP contribution < -0.4 is 0 Å². The largest absolute Gasteiger partial charge is 0.480 e. The zero-order valence-corrected chi connectivity index (χ0v) is 13.2. The molecule has 3 unspecified atom stereocenters. The molecule has 1 saturated heterocycles. The summed E-state index contributed by atoms with van der Waals surface area (Å²) in [6.07, 6.45) is 5.07. The molecular formula is C15H17N3O4S. The number of nitriles is 1. The predicted octanol–water partition coefficient (Wildman–Crippen LogP) is 1.36. The maximum atomic E-state index is 13.1. The normalized spacial score (nSPS) is 28.0. The molecule has 1 aliphatic heterocycles. The molecule has 0 aromatic carbocycles. The Hall–Kier alpha value is -1.98. The Bertz CT molecular complexity index is 771. The average molecular weight is 335 g/mol. The first-order chi connectivity index (χ1) is 11.0. The highest BCUT2D eigenvalue weighted by molar-refractivity contribution is 7.89. The second-order valence-electron chi connectivity index (χ2n) is 6.00. The van der Waals surface area contributed by atoms with Gasteiger partial charge in [-0.05, 0) is 37.3 Å². The van der Waals surface area contributed by atoms with E-state index in [2.05, 4.69) is 4.98 Å². The van der Waals surface area contributed by atoms with Crippen LogP contribution in [0.3, 0.4) is 0 Å². The molecule has 1 aromatic heterocycles. The van der Waals surface area contributed by atoms with Crippen molar-refractivity contribution in [1.82, 2.24) is 9.29 Å². The van der Waals surface area contributed by atoms with Gasteiger partial charge >= 0.3 is 5.97 Å². The van der Waals surface area contributed by atoms with Crippen LogP contribution in [0.5, 0.6) is 0 Å². The molecule has 1 aromatic rings. The van der Waals surface area contributed by atoms with Crippen LogP contribution in [0.1, 0.15) is 37.8 Å². The summed E-state index contributed by atoms with van der Waals surface area (Å²) in [4.78, 5) is 15.2. The highest BCUT2D eigenvalue weighted by Gasteiger charge is 2.51. The minimum absolute atomic E-state index is 0.0711. The van der Waals surface area contributed by atoms with Gasteiger partial charge in [0.15, 0.2) is 5.69 Å². The molecule has 0 bridgehead atoms. The third kappa shape index (κ3) is 2.60. The molecule has 8 heteroatoms. The Morgan fingerprint density at radius 1 is 1.39 bits per heavy atom. The highest BCUT2D eigenvalue weighted by Crippen LogP contribution is 2.42. The molecule has 1 saturated carbocycles. The average Bonchev–Trinajstić information content (AvgIpc) is 2.95. The summed E-state index contributed by atoms with van der Waals surface area (Å²) in [5.41, 5.74) is -0.198. The smallest absolute Gasteiger partial charge is 0.322 e. The van der Waals surface area contributed by atoms with Crippen LogP contribution in [0.15, 0.2) is 23.2 Å². The minimum Gasteiger partial charge on any atom is -0.480 e. The number of carbonyl (C=O) groups is 1. The van der Waals surface area contributed by atoms with Crippen molar-refractivity contribution < 1.29 is 18.3 Å². The number of fused-ring (bicyclic) bond motifs is 1. The highest BCUT2D eigenvalue weighted by atomic mass is 32.2. The van der Waals surface area contributed by atoms with Gasteiger partial charge in [0.05, 0.1) is 0 Å². The summed E-state index contributed by atoms with van der Waals surface area (Å²) >= 11 is 0. The molecule has 2 fully saturated rings. The molecule has 0 radical (unpaired) electrons. The van der Waals surface area contributed by atoms with E-state index in [1.165, 1.54) is 18.3 Å². The fraction of sp³-hybridized carbons (Fsp3) is 0.533. The summed E-state index contributed by atoms with van der Waals surface area (Å²) in [6.45, 7) is 0. The molecule has 3 atom stereocenters. The summed E-state index contributed by atoms with van der Waals surface area (Å²) in [7, 11) is -4.08. The lowest BCUT2D eigenvalue weighted by Gasteiger charge is -2.32. The zero-order chi connectivity index (χ0) is 16.6. The molecule has 2 aliphatic rings. The van der Waals surface area contributed by atoms with E-state index in [0.717, 1.165) is 23.6 Å². The molecule has 2 heterocycles. The van der Waals surface area contributed by atoms with Gasteiger partial charge in [0, 0.05) is 12.2 Å². The van der Waals surface area contributed by atoms with E-state index < -0.39 is 22.0 Å². The van der Waals surface area contributed by atoms with E-state index in [9.17, 15) is 18.3 Å². The number of pyridine rings is 1. The molecule has 1 aliphatic carbocycles. The fourth-order valence-electron chi connectivity index (χ4n) is 3.77. The number of carboxylic acids is 1. The third-order valence-corrected chi connectivity index (χ3v) is 6.71. The molecule has 0 spiro atoms. The Balaban J connectivity index is 2.09. The molecule has 0 amide bonds. The number of hydrogen-bond acceptors (Lipinski definition) is 5. The van der Waals surface area contributed by atoms with Crippen molar-refractivity contribution in [3.05, 3.63) is 24.0 Å². The van der Waals surface area contributed by atoms with Crippen LogP contribution in [-0.2, 0) is 14.8 Å². The first-order valence-electron chi connectivity index (χ1n) is 7.58. The lowest BCUT2D eigenvalue weighted by Crippen LogP contribution is -2.46. The van der Waals surface area contributed by atoms with Gasteiger partial charge in [-0.2, -0.15) is 9.57 Å². The molecule has 1 N–H and O–H groups in total. The summed E-state index contributed by atoms with van der Waals surface area (Å²) < 4.78 is 27.2. The lowest BCUT2D eigenvalue weighted by molar-refractivity contribution is -0.141. The molecule has 3 rings (SSSR count). The number of rotatable bonds is 3. The van der Waals surface area contributed by atoms with E-state index in [-0.39, 0.29) is 22.5 Å². The van der Waals surface area contributed by atoms with Gasteiger partial charge in [0.1, 0.15) is 17.0 Å². The fourth-order valence-corrected chi connectivity index (χ4v) is 5.74. The van der Waals surface area contributed by atoms with E-state index >= 15 is 0 Å². The summed E-state index contributed by atoms with van der Waals surface area (Å²) in [6, 6.07) is 3.16. The number of sulfonamides is 1. The van der Waals surface area contributed by atoms with Crippen molar-refractivity contribution in [2.24, 2.45) is 5.92 Å². The monoisotopic (exact) mass is 335 g/mol. The first-order valence-corrected chi connectivity index (χ1v) is 9.02. The Morgan fingerprint density at radius 2 is 2.13 bits per heavy atom. The van der Waals surface area contributed by atoms with Crippen LogP contribution >= 0.6 is 0 Å². The quantitative estimate of drug-likeness (QED) is 0.892. The predicted molar refractivity (Wildman–Crippen MR) is 79.8 cm³/mol. The number of carboxylic acid groups (broad SMARTS) is 1. The van der Waals surface area contributed by atoms with Gasteiger partial charge < -0.3 is 5.11 Å². The number of aliphatic carboxylic acids is 1. The van der Waals surface area contributed by atoms with Gasteiger partial charge in [-0.1, -0.05) is 12.8 Å². The summed E-state index contributed by atoms with van der Waals surface area (Å²) in [5, 5.41) is 18.6. The second-order valence-corrected chi connectivity index (χ2v) is 7.81. The van der Waals surface area contributed by atoms with Crippen LogP contribution in [0.25, 0.3) is 0 Å². The maximum absolute atomic E-state index is 13.1. The third-order valence-electron chi connectivity index (χ3n) is 4.75. The van der Waals surface area contributed by atoms with Crippen molar-refractivity contribution in [3.8, 4) is 6.07 Å². The van der Waals surface area contributed by atoms with Crippen molar-refractivity contribution in [2.45, 2.75) is 49.1 Å². The zero-order valence-electron chi connectivity index (χ0n) is 12.4. The number of aromatic nitrogens is 1. The Labute approximate surface area is 134 Å². The van der Waals surface area contributed by atoms with E-state index in [1.54, 1.807) is 6.07 Å². The topological polar surface area (TPSA) is 111 Å². The SMILES string of the molecule is N#Cc1ncccc1S(=O)(=O)N1C(C(=O)O)CC2CCCCC21. The Kier molecular flexibility index (Phi) is 4.08.